The van der Waals surface area contributed by atoms with E-state index in [1.807, 2.05) is 7.05 Å². The third-order valence-corrected chi connectivity index (χ3v) is 3.09. The van der Waals surface area contributed by atoms with E-state index >= 15 is 0 Å². The number of carbonyl (C=O) groups is 1. The van der Waals surface area contributed by atoms with Gasteiger partial charge < -0.3 is 9.80 Å². The smallest absolute Gasteiger partial charge is 0.269 e. The summed E-state index contributed by atoms with van der Waals surface area (Å²) in [5, 5.41) is 10.6. The summed E-state index contributed by atoms with van der Waals surface area (Å²) in [5.41, 5.74) is 0.763. The van der Waals surface area contributed by atoms with Gasteiger partial charge in [0.05, 0.1) is 4.92 Å². The van der Waals surface area contributed by atoms with Crippen LogP contribution < -0.4 is 4.90 Å². The second-order valence-electron chi connectivity index (χ2n) is 4.37. The molecule has 0 aliphatic carbocycles. The van der Waals surface area contributed by atoms with E-state index in [0.29, 0.717) is 13.0 Å². The van der Waals surface area contributed by atoms with Gasteiger partial charge in [0.25, 0.3) is 5.69 Å². The molecule has 0 aromatic heterocycles. The van der Waals surface area contributed by atoms with Crippen LogP contribution in [0.4, 0.5) is 11.4 Å². The van der Waals surface area contributed by atoms with Crippen molar-refractivity contribution < 1.29 is 9.72 Å². The number of anilines is 1. The van der Waals surface area contributed by atoms with Crippen molar-refractivity contribution in [3.8, 4) is 0 Å². The molecule has 0 unspecified atom stereocenters. The van der Waals surface area contributed by atoms with Crippen LogP contribution >= 0.6 is 0 Å². The Kier molecular flexibility index (Phi) is 3.57. The van der Waals surface area contributed by atoms with Crippen LogP contribution in [0.2, 0.25) is 0 Å². The summed E-state index contributed by atoms with van der Waals surface area (Å²) in [6.07, 6.45) is 0.480. The number of benzene rings is 1. The van der Waals surface area contributed by atoms with Crippen molar-refractivity contribution in [1.82, 2.24) is 4.90 Å². The van der Waals surface area contributed by atoms with E-state index in [9.17, 15) is 14.9 Å². The number of hydrogen-bond donors (Lipinski definition) is 0. The van der Waals surface area contributed by atoms with Gasteiger partial charge in [0.1, 0.15) is 0 Å². The molecule has 0 atom stereocenters. The van der Waals surface area contributed by atoms with Crippen LogP contribution in [0.1, 0.15) is 6.42 Å². The summed E-state index contributed by atoms with van der Waals surface area (Å²) in [6.45, 7) is 2.18. The summed E-state index contributed by atoms with van der Waals surface area (Å²) in [5.74, 6) is 0.0632. The van der Waals surface area contributed by atoms with Crippen LogP contribution in [-0.2, 0) is 4.79 Å². The summed E-state index contributed by atoms with van der Waals surface area (Å²) in [6, 6.07) is 6.11. The molecule has 6 nitrogen and oxygen atoms in total. The van der Waals surface area contributed by atoms with E-state index in [0.717, 1.165) is 18.8 Å². The predicted molar refractivity (Wildman–Crippen MR) is 67.6 cm³/mol. The zero-order valence-electron chi connectivity index (χ0n) is 10.2. The molecule has 2 rings (SSSR count). The average Bonchev–Trinajstić information content (AvgIpc) is 2.52. The van der Waals surface area contributed by atoms with E-state index in [2.05, 4.69) is 4.90 Å². The van der Waals surface area contributed by atoms with Crippen LogP contribution in [0.3, 0.4) is 0 Å². The molecule has 1 aromatic carbocycles. The fourth-order valence-corrected chi connectivity index (χ4v) is 1.96. The highest BCUT2D eigenvalue weighted by atomic mass is 16.6. The van der Waals surface area contributed by atoms with Crippen molar-refractivity contribution in [3.05, 3.63) is 34.4 Å². The minimum absolute atomic E-state index is 0.0399. The number of non-ortho nitro benzene ring substituents is 1. The Morgan fingerprint density at radius 2 is 1.83 bits per heavy atom. The normalized spacial score (nSPS) is 17.6. The zero-order valence-corrected chi connectivity index (χ0v) is 10.2. The molecule has 0 bridgehead atoms. The summed E-state index contributed by atoms with van der Waals surface area (Å²) in [4.78, 5) is 25.9. The first-order valence-corrected chi connectivity index (χ1v) is 5.81. The number of rotatable bonds is 2. The molecule has 1 amide bonds. The Bertz CT molecular complexity index is 458. The summed E-state index contributed by atoms with van der Waals surface area (Å²) in [7, 11) is 1.98. The van der Waals surface area contributed by atoms with E-state index in [4.69, 9.17) is 0 Å². The lowest BCUT2D eigenvalue weighted by molar-refractivity contribution is -0.384. The lowest BCUT2D eigenvalue weighted by Gasteiger charge is -2.20. The molecular formula is C12H15N3O3. The van der Waals surface area contributed by atoms with E-state index in [-0.39, 0.29) is 11.6 Å². The van der Waals surface area contributed by atoms with Gasteiger partial charge >= 0.3 is 0 Å². The SMILES string of the molecule is CN1CCC(=O)N(c2ccc([N+](=O)[O-])cc2)CC1. The molecule has 0 spiro atoms. The van der Waals surface area contributed by atoms with Gasteiger partial charge in [0, 0.05) is 43.9 Å². The summed E-state index contributed by atoms with van der Waals surface area (Å²) >= 11 is 0. The maximum atomic E-state index is 11.9. The van der Waals surface area contributed by atoms with Crippen LogP contribution in [0, 0.1) is 10.1 Å². The Labute approximate surface area is 105 Å². The van der Waals surface area contributed by atoms with Crippen molar-refractivity contribution in [3.63, 3.8) is 0 Å². The highest BCUT2D eigenvalue weighted by molar-refractivity contribution is 5.93. The fourth-order valence-electron chi connectivity index (χ4n) is 1.96. The van der Waals surface area contributed by atoms with Crippen LogP contribution in [0.5, 0.6) is 0 Å². The Hall–Kier alpha value is -1.95. The zero-order chi connectivity index (χ0) is 13.1. The van der Waals surface area contributed by atoms with Gasteiger partial charge in [-0.25, -0.2) is 0 Å². The molecule has 1 heterocycles. The molecule has 0 N–H and O–H groups in total. The number of amides is 1. The van der Waals surface area contributed by atoms with Crippen LogP contribution in [-0.4, -0.2) is 42.4 Å². The number of hydrogen-bond acceptors (Lipinski definition) is 4. The second kappa shape index (κ2) is 5.14. The monoisotopic (exact) mass is 249 g/mol. The van der Waals surface area contributed by atoms with Crippen molar-refractivity contribution in [1.29, 1.82) is 0 Å². The van der Waals surface area contributed by atoms with Gasteiger partial charge in [-0.3, -0.25) is 14.9 Å². The highest BCUT2D eigenvalue weighted by Gasteiger charge is 2.20. The average molecular weight is 249 g/mol. The van der Waals surface area contributed by atoms with Crippen molar-refractivity contribution >= 4 is 17.3 Å². The van der Waals surface area contributed by atoms with Gasteiger partial charge in [-0.2, -0.15) is 0 Å². The van der Waals surface area contributed by atoms with Gasteiger partial charge in [0.2, 0.25) is 5.91 Å². The molecular weight excluding hydrogens is 234 g/mol. The molecule has 0 radical (unpaired) electrons. The Morgan fingerprint density at radius 3 is 2.44 bits per heavy atom. The first-order valence-electron chi connectivity index (χ1n) is 5.81. The third kappa shape index (κ3) is 2.65. The number of likely N-dealkylation sites (N-methyl/N-ethyl adjacent to an activating group) is 1. The second-order valence-corrected chi connectivity index (χ2v) is 4.37. The molecule has 96 valence electrons. The molecule has 18 heavy (non-hydrogen) atoms. The summed E-state index contributed by atoms with van der Waals surface area (Å²) < 4.78 is 0. The van der Waals surface area contributed by atoms with Gasteiger partial charge in [-0.05, 0) is 19.2 Å². The standard InChI is InChI=1S/C12H15N3O3/c1-13-7-6-12(16)14(9-8-13)10-2-4-11(5-3-10)15(17)18/h2-5H,6-9H2,1H3. The van der Waals surface area contributed by atoms with E-state index in [1.54, 1.807) is 17.0 Å². The van der Waals surface area contributed by atoms with E-state index < -0.39 is 4.92 Å². The Balaban J connectivity index is 2.19. The number of nitro benzene ring substituents is 1. The topological polar surface area (TPSA) is 66.7 Å². The fraction of sp³-hybridized carbons (Fsp3) is 0.417. The predicted octanol–water partition coefficient (Wildman–Crippen LogP) is 1.26. The minimum Gasteiger partial charge on any atom is -0.311 e. The van der Waals surface area contributed by atoms with Crippen molar-refractivity contribution in [2.75, 3.05) is 31.6 Å². The van der Waals surface area contributed by atoms with Crippen molar-refractivity contribution in [2.24, 2.45) is 0 Å². The number of nitrogens with zero attached hydrogens (tertiary/aromatic N) is 3. The quantitative estimate of drug-likeness (QED) is 0.584. The number of carbonyl (C=O) groups excluding carboxylic acids is 1. The molecule has 1 aliphatic rings. The first-order chi connectivity index (χ1) is 8.58. The van der Waals surface area contributed by atoms with Crippen LogP contribution in [0.15, 0.2) is 24.3 Å². The molecule has 1 aliphatic heterocycles. The lowest BCUT2D eigenvalue weighted by Crippen LogP contribution is -2.32. The van der Waals surface area contributed by atoms with Crippen molar-refractivity contribution in [2.45, 2.75) is 6.42 Å². The van der Waals surface area contributed by atoms with Gasteiger partial charge in [0.15, 0.2) is 0 Å². The number of nitro groups is 1. The van der Waals surface area contributed by atoms with Gasteiger partial charge in [-0.1, -0.05) is 0 Å². The third-order valence-electron chi connectivity index (χ3n) is 3.09. The molecule has 1 saturated heterocycles. The highest BCUT2D eigenvalue weighted by Crippen LogP contribution is 2.21. The maximum absolute atomic E-state index is 11.9. The van der Waals surface area contributed by atoms with Crippen LogP contribution in [0.25, 0.3) is 0 Å². The Morgan fingerprint density at radius 1 is 1.17 bits per heavy atom. The molecule has 0 saturated carbocycles. The molecule has 6 heteroatoms. The largest absolute Gasteiger partial charge is 0.311 e. The maximum Gasteiger partial charge on any atom is 0.269 e. The molecule has 1 fully saturated rings. The lowest BCUT2D eigenvalue weighted by atomic mass is 10.2. The van der Waals surface area contributed by atoms with E-state index in [1.165, 1.54) is 12.1 Å². The van der Waals surface area contributed by atoms with Gasteiger partial charge in [-0.15, -0.1) is 0 Å². The first kappa shape index (κ1) is 12.5. The minimum atomic E-state index is -0.443. The molecule has 1 aromatic rings.